The van der Waals surface area contributed by atoms with E-state index in [4.69, 9.17) is 4.74 Å². The van der Waals surface area contributed by atoms with Crippen molar-refractivity contribution in [2.24, 2.45) is 0 Å². The molecule has 0 saturated heterocycles. The van der Waals surface area contributed by atoms with Crippen molar-refractivity contribution in [1.82, 2.24) is 0 Å². The maximum absolute atomic E-state index is 11.1. The summed E-state index contributed by atoms with van der Waals surface area (Å²) >= 11 is 1.08. The number of nitro groups is 1. The Hall–Kier alpha value is -2.12. The van der Waals surface area contributed by atoms with E-state index in [1.165, 1.54) is 6.07 Å². The second kappa shape index (κ2) is 6.11. The largest absolute Gasteiger partial charge is 0.440 e. The quantitative estimate of drug-likeness (QED) is 0.675. The van der Waals surface area contributed by atoms with Crippen LogP contribution in [-0.2, 0) is 0 Å². The van der Waals surface area contributed by atoms with Gasteiger partial charge in [-0.2, -0.15) is 0 Å². The van der Waals surface area contributed by atoms with Crippen LogP contribution in [0.1, 0.15) is 17.9 Å². The van der Waals surface area contributed by atoms with E-state index in [-0.39, 0.29) is 10.8 Å². The zero-order valence-corrected chi connectivity index (χ0v) is 12.8. The number of aliphatic hydroxyl groups is 1. The van der Waals surface area contributed by atoms with Gasteiger partial charge in [0.25, 0.3) is 5.06 Å². The molecular weight excluding hydrogens is 292 g/mol. The molecule has 0 radical (unpaired) electrons. The summed E-state index contributed by atoms with van der Waals surface area (Å²) in [5.41, 5.74) is 0.800. The van der Waals surface area contributed by atoms with Crippen molar-refractivity contribution >= 4 is 22.7 Å². The molecule has 7 heteroatoms. The molecule has 0 saturated carbocycles. The molecule has 21 heavy (non-hydrogen) atoms. The van der Waals surface area contributed by atoms with Crippen molar-refractivity contribution in [1.29, 1.82) is 0 Å². The molecule has 1 aromatic carbocycles. The van der Waals surface area contributed by atoms with Gasteiger partial charge in [-0.25, -0.2) is 0 Å². The first-order chi connectivity index (χ1) is 9.88. The fourth-order valence-electron chi connectivity index (χ4n) is 1.72. The SMILES string of the molecule is C[C@H](O)c1cc([N+](=O)[O-])c(Oc2cccc(N(C)C)c2)s1. The van der Waals surface area contributed by atoms with Crippen molar-refractivity contribution in [3.05, 3.63) is 45.3 Å². The minimum absolute atomic E-state index is 0.133. The normalized spacial score (nSPS) is 12.0. The van der Waals surface area contributed by atoms with Crippen LogP contribution < -0.4 is 9.64 Å². The molecule has 0 fully saturated rings. The topological polar surface area (TPSA) is 75.8 Å². The van der Waals surface area contributed by atoms with E-state index in [1.54, 1.807) is 19.1 Å². The highest BCUT2D eigenvalue weighted by molar-refractivity contribution is 7.14. The third kappa shape index (κ3) is 3.50. The van der Waals surface area contributed by atoms with E-state index < -0.39 is 11.0 Å². The van der Waals surface area contributed by atoms with Gasteiger partial charge in [0.2, 0.25) is 0 Å². The Morgan fingerprint density at radius 3 is 2.67 bits per heavy atom. The third-order valence-corrected chi connectivity index (χ3v) is 4.02. The van der Waals surface area contributed by atoms with Gasteiger partial charge in [0.15, 0.2) is 0 Å². The van der Waals surface area contributed by atoms with Gasteiger partial charge < -0.3 is 14.7 Å². The van der Waals surface area contributed by atoms with Crippen LogP contribution in [0.2, 0.25) is 0 Å². The molecule has 1 N–H and O–H groups in total. The highest BCUT2D eigenvalue weighted by atomic mass is 32.1. The Morgan fingerprint density at radius 2 is 2.10 bits per heavy atom. The summed E-state index contributed by atoms with van der Waals surface area (Å²) in [5, 5.41) is 20.8. The number of rotatable bonds is 5. The molecule has 1 atom stereocenters. The molecule has 0 aliphatic rings. The number of thiophene rings is 1. The molecule has 0 aliphatic heterocycles. The van der Waals surface area contributed by atoms with Crippen molar-refractivity contribution in [3.63, 3.8) is 0 Å². The van der Waals surface area contributed by atoms with Gasteiger partial charge in [0.05, 0.1) is 11.0 Å². The molecule has 6 nitrogen and oxygen atoms in total. The van der Waals surface area contributed by atoms with Crippen LogP contribution in [0.25, 0.3) is 0 Å². The van der Waals surface area contributed by atoms with Crippen LogP contribution >= 0.6 is 11.3 Å². The van der Waals surface area contributed by atoms with Gasteiger partial charge in [0, 0.05) is 36.8 Å². The Kier molecular flexibility index (Phi) is 4.44. The van der Waals surface area contributed by atoms with Crippen LogP contribution in [0.15, 0.2) is 30.3 Å². The number of ether oxygens (including phenoxy) is 1. The summed E-state index contributed by atoms with van der Waals surface area (Å²) < 4.78 is 5.63. The fourth-order valence-corrected chi connectivity index (χ4v) is 2.65. The first-order valence-corrected chi connectivity index (χ1v) is 7.11. The molecule has 0 bridgehead atoms. The smallest absolute Gasteiger partial charge is 0.323 e. The molecule has 1 aromatic heterocycles. The minimum Gasteiger partial charge on any atom is -0.440 e. The monoisotopic (exact) mass is 308 g/mol. The second-order valence-electron chi connectivity index (χ2n) is 4.75. The van der Waals surface area contributed by atoms with Gasteiger partial charge >= 0.3 is 5.69 Å². The number of aliphatic hydroxyl groups excluding tert-OH is 1. The molecule has 0 spiro atoms. The van der Waals surface area contributed by atoms with Gasteiger partial charge in [-0.3, -0.25) is 10.1 Å². The lowest BCUT2D eigenvalue weighted by molar-refractivity contribution is -0.385. The summed E-state index contributed by atoms with van der Waals surface area (Å²) in [7, 11) is 3.80. The number of benzene rings is 1. The summed E-state index contributed by atoms with van der Waals surface area (Å²) in [5.74, 6) is 0.517. The number of hydrogen-bond donors (Lipinski definition) is 1. The lowest BCUT2D eigenvalue weighted by atomic mass is 10.3. The maximum atomic E-state index is 11.1. The van der Waals surface area contributed by atoms with Gasteiger partial charge in [0.1, 0.15) is 5.75 Å². The molecular formula is C14H16N2O4S. The standard InChI is InChI=1S/C14H16N2O4S/c1-9(17)13-8-12(16(18)19)14(21-13)20-11-6-4-5-10(7-11)15(2)3/h4-9,17H,1-3H3/t9-/m0/s1. The number of anilines is 1. The maximum Gasteiger partial charge on any atom is 0.323 e. The molecule has 0 aliphatic carbocycles. The zero-order chi connectivity index (χ0) is 15.6. The van der Waals surface area contributed by atoms with Crippen LogP contribution in [0.4, 0.5) is 11.4 Å². The molecule has 0 unspecified atom stereocenters. The van der Waals surface area contributed by atoms with Crippen molar-refractivity contribution < 1.29 is 14.8 Å². The lowest BCUT2D eigenvalue weighted by Crippen LogP contribution is -2.08. The first-order valence-electron chi connectivity index (χ1n) is 6.30. The second-order valence-corrected chi connectivity index (χ2v) is 5.79. The lowest BCUT2D eigenvalue weighted by Gasteiger charge is -2.13. The molecule has 0 amide bonds. The van der Waals surface area contributed by atoms with Crippen LogP contribution in [0.5, 0.6) is 10.8 Å². The number of nitrogens with zero attached hydrogens (tertiary/aromatic N) is 2. The van der Waals surface area contributed by atoms with Crippen LogP contribution in [-0.4, -0.2) is 24.1 Å². The highest BCUT2D eigenvalue weighted by Crippen LogP contribution is 2.42. The Morgan fingerprint density at radius 1 is 1.38 bits per heavy atom. The van der Waals surface area contributed by atoms with Crippen molar-refractivity contribution in [2.75, 3.05) is 19.0 Å². The van der Waals surface area contributed by atoms with E-state index in [9.17, 15) is 15.2 Å². The van der Waals surface area contributed by atoms with E-state index in [2.05, 4.69) is 0 Å². The van der Waals surface area contributed by atoms with E-state index in [0.717, 1.165) is 17.0 Å². The summed E-state index contributed by atoms with van der Waals surface area (Å²) in [6, 6.07) is 8.61. The molecule has 1 heterocycles. The Balaban J connectivity index is 2.34. The molecule has 112 valence electrons. The van der Waals surface area contributed by atoms with Gasteiger partial charge in [-0.1, -0.05) is 17.4 Å². The van der Waals surface area contributed by atoms with E-state index in [1.807, 2.05) is 31.1 Å². The van der Waals surface area contributed by atoms with Gasteiger partial charge in [-0.15, -0.1) is 0 Å². The highest BCUT2D eigenvalue weighted by Gasteiger charge is 2.23. The average Bonchev–Trinajstić information content (AvgIpc) is 2.83. The van der Waals surface area contributed by atoms with Crippen molar-refractivity contribution in [2.45, 2.75) is 13.0 Å². The molecule has 2 aromatic rings. The van der Waals surface area contributed by atoms with E-state index in [0.29, 0.717) is 10.6 Å². The average molecular weight is 308 g/mol. The Labute approximate surface area is 126 Å². The predicted molar refractivity (Wildman–Crippen MR) is 82.5 cm³/mol. The fraction of sp³-hybridized carbons (Fsp3) is 0.286. The summed E-state index contributed by atoms with van der Waals surface area (Å²) in [6.45, 7) is 1.56. The summed E-state index contributed by atoms with van der Waals surface area (Å²) in [6.07, 6.45) is -0.765. The van der Waals surface area contributed by atoms with E-state index >= 15 is 0 Å². The summed E-state index contributed by atoms with van der Waals surface area (Å²) in [4.78, 5) is 13.0. The van der Waals surface area contributed by atoms with Crippen LogP contribution in [0.3, 0.4) is 0 Å². The molecule has 2 rings (SSSR count). The minimum atomic E-state index is -0.765. The Bertz CT molecular complexity index is 652. The number of hydrogen-bond acceptors (Lipinski definition) is 6. The van der Waals surface area contributed by atoms with Crippen LogP contribution in [0, 0.1) is 10.1 Å². The zero-order valence-electron chi connectivity index (χ0n) is 11.9. The van der Waals surface area contributed by atoms with Crippen molar-refractivity contribution in [3.8, 4) is 10.8 Å². The van der Waals surface area contributed by atoms with Gasteiger partial charge in [-0.05, 0) is 19.1 Å². The predicted octanol–water partition coefficient (Wildman–Crippen LogP) is 3.57. The first kappa shape index (κ1) is 15.3. The third-order valence-electron chi connectivity index (χ3n) is 2.85.